The average Bonchev–Trinajstić information content (AvgIpc) is 2.91. The molecular formula is C16H20BrNO5. The van der Waals surface area contributed by atoms with Crippen molar-refractivity contribution in [2.75, 3.05) is 19.8 Å². The summed E-state index contributed by atoms with van der Waals surface area (Å²) in [5.74, 6) is -0.366. The van der Waals surface area contributed by atoms with Crippen LogP contribution in [0, 0.1) is 0 Å². The molecule has 6 nitrogen and oxygen atoms in total. The first-order chi connectivity index (χ1) is 11.0. The summed E-state index contributed by atoms with van der Waals surface area (Å²) in [6.45, 7) is 1.14. The molecule has 0 radical (unpaired) electrons. The predicted octanol–water partition coefficient (Wildman–Crippen LogP) is 2.36. The highest BCUT2D eigenvalue weighted by Crippen LogP contribution is 2.23. The van der Waals surface area contributed by atoms with Gasteiger partial charge in [-0.3, -0.25) is 9.59 Å². The number of hydrogen-bond donors (Lipinski definition) is 2. The summed E-state index contributed by atoms with van der Waals surface area (Å²) < 4.78 is 11.8. The molecule has 0 saturated carbocycles. The van der Waals surface area contributed by atoms with Crippen LogP contribution in [0.15, 0.2) is 28.7 Å². The second-order valence-electron chi connectivity index (χ2n) is 5.61. The second kappa shape index (κ2) is 8.31. The average molecular weight is 386 g/mol. The molecule has 0 aromatic heterocycles. The molecule has 0 spiro atoms. The third kappa shape index (κ3) is 5.84. The molecule has 1 atom stereocenters. The van der Waals surface area contributed by atoms with E-state index in [0.717, 1.165) is 10.2 Å². The van der Waals surface area contributed by atoms with Crippen LogP contribution in [0.25, 0.3) is 0 Å². The van der Waals surface area contributed by atoms with Crippen LogP contribution >= 0.6 is 15.9 Å². The Labute approximate surface area is 143 Å². The Balaban J connectivity index is 1.73. The Kier molecular flexibility index (Phi) is 6.41. The van der Waals surface area contributed by atoms with Gasteiger partial charge in [0, 0.05) is 17.5 Å². The molecule has 0 aliphatic carbocycles. The number of carbonyl (C=O) groups excluding carboxylic acids is 1. The number of nitrogens with one attached hydrogen (secondary N) is 1. The number of benzene rings is 1. The SMILES string of the molecule is O=C(O)CC1(NC(=O)CCCOc2cccc(Br)c2)CCOC1. The van der Waals surface area contributed by atoms with Crippen LogP contribution in [0.1, 0.15) is 25.7 Å². The van der Waals surface area contributed by atoms with Crippen LogP contribution in [0.3, 0.4) is 0 Å². The Morgan fingerprint density at radius 2 is 2.26 bits per heavy atom. The summed E-state index contributed by atoms with van der Waals surface area (Å²) in [6.07, 6.45) is 1.25. The van der Waals surface area contributed by atoms with E-state index in [0.29, 0.717) is 26.1 Å². The molecule has 1 aromatic rings. The van der Waals surface area contributed by atoms with Crippen molar-refractivity contribution in [1.82, 2.24) is 5.32 Å². The number of carbonyl (C=O) groups is 2. The topological polar surface area (TPSA) is 84.9 Å². The molecule has 1 unspecified atom stereocenters. The summed E-state index contributed by atoms with van der Waals surface area (Å²) in [7, 11) is 0. The third-order valence-corrected chi connectivity index (χ3v) is 4.10. The Morgan fingerprint density at radius 1 is 1.43 bits per heavy atom. The van der Waals surface area contributed by atoms with Gasteiger partial charge < -0.3 is 19.9 Å². The lowest BCUT2D eigenvalue weighted by atomic mass is 9.94. The van der Waals surface area contributed by atoms with Crippen LogP contribution in [0.2, 0.25) is 0 Å². The fraction of sp³-hybridized carbons (Fsp3) is 0.500. The van der Waals surface area contributed by atoms with Gasteiger partial charge in [-0.2, -0.15) is 0 Å². The molecule has 1 fully saturated rings. The fourth-order valence-corrected chi connectivity index (χ4v) is 2.89. The Bertz CT molecular complexity index is 557. The van der Waals surface area contributed by atoms with Crippen molar-refractivity contribution < 1.29 is 24.2 Å². The van der Waals surface area contributed by atoms with E-state index in [2.05, 4.69) is 21.2 Å². The highest BCUT2D eigenvalue weighted by Gasteiger charge is 2.38. The zero-order valence-corrected chi connectivity index (χ0v) is 14.3. The largest absolute Gasteiger partial charge is 0.494 e. The van der Waals surface area contributed by atoms with Crippen molar-refractivity contribution in [3.05, 3.63) is 28.7 Å². The van der Waals surface area contributed by atoms with Crippen LogP contribution in [-0.4, -0.2) is 42.3 Å². The highest BCUT2D eigenvalue weighted by atomic mass is 79.9. The molecule has 7 heteroatoms. The number of carboxylic acids is 1. The first-order valence-corrected chi connectivity index (χ1v) is 8.27. The Hall–Kier alpha value is -1.60. The lowest BCUT2D eigenvalue weighted by Crippen LogP contribution is -2.50. The summed E-state index contributed by atoms with van der Waals surface area (Å²) in [5, 5.41) is 11.8. The van der Waals surface area contributed by atoms with E-state index in [-0.39, 0.29) is 25.4 Å². The molecule has 1 aliphatic heterocycles. The lowest BCUT2D eigenvalue weighted by molar-refractivity contribution is -0.139. The molecule has 126 valence electrons. The van der Waals surface area contributed by atoms with Gasteiger partial charge in [0.1, 0.15) is 5.75 Å². The van der Waals surface area contributed by atoms with Gasteiger partial charge in [-0.05, 0) is 31.0 Å². The maximum atomic E-state index is 12.0. The van der Waals surface area contributed by atoms with E-state index in [4.69, 9.17) is 14.6 Å². The van der Waals surface area contributed by atoms with Crippen molar-refractivity contribution in [2.45, 2.75) is 31.2 Å². The molecule has 1 aliphatic rings. The molecule has 2 rings (SSSR count). The molecule has 0 bridgehead atoms. The predicted molar refractivity (Wildman–Crippen MR) is 87.4 cm³/mol. The smallest absolute Gasteiger partial charge is 0.305 e. The summed E-state index contributed by atoms with van der Waals surface area (Å²) in [5.41, 5.74) is -0.770. The fourth-order valence-electron chi connectivity index (χ4n) is 2.52. The molecular weight excluding hydrogens is 366 g/mol. The monoisotopic (exact) mass is 385 g/mol. The highest BCUT2D eigenvalue weighted by molar-refractivity contribution is 9.10. The number of hydrogen-bond acceptors (Lipinski definition) is 4. The number of amides is 1. The van der Waals surface area contributed by atoms with Gasteiger partial charge in [0.25, 0.3) is 0 Å². The molecule has 23 heavy (non-hydrogen) atoms. The van der Waals surface area contributed by atoms with Gasteiger partial charge in [-0.15, -0.1) is 0 Å². The minimum Gasteiger partial charge on any atom is -0.494 e. The van der Waals surface area contributed by atoms with Crippen molar-refractivity contribution in [3.63, 3.8) is 0 Å². The van der Waals surface area contributed by atoms with E-state index < -0.39 is 11.5 Å². The van der Waals surface area contributed by atoms with Gasteiger partial charge in [-0.25, -0.2) is 0 Å². The minimum atomic E-state index is -0.936. The first-order valence-electron chi connectivity index (χ1n) is 7.48. The van der Waals surface area contributed by atoms with Crippen molar-refractivity contribution >= 4 is 27.8 Å². The van der Waals surface area contributed by atoms with E-state index >= 15 is 0 Å². The van der Waals surface area contributed by atoms with Gasteiger partial charge in [0.15, 0.2) is 0 Å². The molecule has 1 aromatic carbocycles. The summed E-state index contributed by atoms with van der Waals surface area (Å²) >= 11 is 3.36. The summed E-state index contributed by atoms with van der Waals surface area (Å²) in [4.78, 5) is 23.0. The first kappa shape index (κ1) is 17.7. The van der Waals surface area contributed by atoms with E-state index in [1.165, 1.54) is 0 Å². The normalized spacial score (nSPS) is 20.2. The molecule has 1 heterocycles. The Morgan fingerprint density at radius 3 is 2.91 bits per heavy atom. The standard InChI is InChI=1S/C16H20BrNO5/c17-12-3-1-4-13(9-12)23-7-2-5-14(19)18-16(10-15(20)21)6-8-22-11-16/h1,3-4,9H,2,5-8,10-11H2,(H,18,19)(H,20,21). The summed E-state index contributed by atoms with van der Waals surface area (Å²) in [6, 6.07) is 7.49. The maximum absolute atomic E-state index is 12.0. The van der Waals surface area contributed by atoms with Gasteiger partial charge in [0.05, 0.1) is 25.2 Å². The van der Waals surface area contributed by atoms with Gasteiger partial charge >= 0.3 is 5.97 Å². The molecule has 1 saturated heterocycles. The van der Waals surface area contributed by atoms with Crippen molar-refractivity contribution in [1.29, 1.82) is 0 Å². The number of carboxylic acid groups (broad SMARTS) is 1. The number of rotatable bonds is 8. The lowest BCUT2D eigenvalue weighted by Gasteiger charge is -2.27. The third-order valence-electron chi connectivity index (χ3n) is 3.61. The van der Waals surface area contributed by atoms with Crippen molar-refractivity contribution in [2.24, 2.45) is 0 Å². The number of aliphatic carboxylic acids is 1. The van der Waals surface area contributed by atoms with Crippen LogP contribution < -0.4 is 10.1 Å². The van der Waals surface area contributed by atoms with Gasteiger partial charge in [-0.1, -0.05) is 22.0 Å². The van der Waals surface area contributed by atoms with Crippen LogP contribution in [0.5, 0.6) is 5.75 Å². The number of halogens is 1. The molecule has 1 amide bonds. The number of ether oxygens (including phenoxy) is 2. The zero-order valence-electron chi connectivity index (χ0n) is 12.7. The minimum absolute atomic E-state index is 0.118. The van der Waals surface area contributed by atoms with E-state index in [1.54, 1.807) is 0 Å². The van der Waals surface area contributed by atoms with E-state index in [9.17, 15) is 9.59 Å². The quantitative estimate of drug-likeness (QED) is 0.670. The second-order valence-corrected chi connectivity index (χ2v) is 6.53. The van der Waals surface area contributed by atoms with Crippen molar-refractivity contribution in [3.8, 4) is 5.75 Å². The van der Waals surface area contributed by atoms with Gasteiger partial charge in [0.2, 0.25) is 5.91 Å². The maximum Gasteiger partial charge on any atom is 0.305 e. The van der Waals surface area contributed by atoms with Crippen LogP contribution in [-0.2, 0) is 14.3 Å². The molecule has 2 N–H and O–H groups in total. The zero-order chi connectivity index (χ0) is 16.7. The van der Waals surface area contributed by atoms with Crippen LogP contribution in [0.4, 0.5) is 0 Å². The van der Waals surface area contributed by atoms with E-state index in [1.807, 2.05) is 24.3 Å².